The van der Waals surface area contributed by atoms with E-state index in [0.717, 1.165) is 24.1 Å². The van der Waals surface area contributed by atoms with Crippen molar-refractivity contribution in [1.82, 2.24) is 10.2 Å². The average molecular weight is 362 g/mol. The number of thioether (sulfide) groups is 1. The molecule has 1 fully saturated rings. The van der Waals surface area contributed by atoms with E-state index in [1.54, 1.807) is 11.8 Å². The standard InChI is InChI=1S/C16H18N4O2S2/c1-10-5-3-4-6-13(10)17-14(22)9-23-16-19-18-15(24-16)20(11(2)21)12-7-8-12/h3-6,12H,7-9H2,1-2H3,(H,17,22). The lowest BCUT2D eigenvalue weighted by atomic mass is 10.2. The summed E-state index contributed by atoms with van der Waals surface area (Å²) in [5.74, 6) is 0.158. The number of rotatable bonds is 6. The molecule has 2 aromatic rings. The van der Waals surface area contributed by atoms with E-state index >= 15 is 0 Å². The molecule has 0 saturated heterocycles. The molecule has 0 bridgehead atoms. The zero-order valence-electron chi connectivity index (χ0n) is 13.5. The highest BCUT2D eigenvalue weighted by Gasteiger charge is 2.34. The first-order chi connectivity index (χ1) is 11.5. The highest BCUT2D eigenvalue weighted by molar-refractivity contribution is 8.01. The highest BCUT2D eigenvalue weighted by Crippen LogP contribution is 2.35. The third kappa shape index (κ3) is 4.12. The summed E-state index contributed by atoms with van der Waals surface area (Å²) in [6.07, 6.45) is 2.03. The van der Waals surface area contributed by atoms with Gasteiger partial charge in [0, 0.05) is 18.7 Å². The molecule has 6 nitrogen and oxygen atoms in total. The quantitative estimate of drug-likeness (QED) is 0.631. The summed E-state index contributed by atoms with van der Waals surface area (Å²) in [7, 11) is 0. The molecular formula is C16H18N4O2S2. The van der Waals surface area contributed by atoms with Crippen molar-refractivity contribution in [1.29, 1.82) is 0 Å². The van der Waals surface area contributed by atoms with Crippen LogP contribution < -0.4 is 10.2 Å². The second-order valence-electron chi connectivity index (χ2n) is 5.62. The number of carbonyl (C=O) groups excluding carboxylic acids is 2. The number of aryl methyl sites for hydroxylation is 1. The maximum atomic E-state index is 12.1. The summed E-state index contributed by atoms with van der Waals surface area (Å²) in [5, 5.41) is 11.7. The Balaban J connectivity index is 1.56. The average Bonchev–Trinajstić information content (AvgIpc) is 3.25. The summed E-state index contributed by atoms with van der Waals surface area (Å²) in [6, 6.07) is 7.91. The van der Waals surface area contributed by atoms with E-state index in [4.69, 9.17) is 0 Å². The van der Waals surface area contributed by atoms with Gasteiger partial charge in [0.1, 0.15) is 0 Å². The van der Waals surface area contributed by atoms with Crippen molar-refractivity contribution in [3.8, 4) is 0 Å². The SMILES string of the molecule is CC(=O)N(c1nnc(SCC(=O)Nc2ccccc2C)s1)C1CC1. The van der Waals surface area contributed by atoms with Gasteiger partial charge >= 0.3 is 0 Å². The maximum Gasteiger partial charge on any atom is 0.234 e. The molecule has 1 saturated carbocycles. The van der Waals surface area contributed by atoms with Gasteiger partial charge in [0.05, 0.1) is 5.75 Å². The maximum absolute atomic E-state index is 12.1. The summed E-state index contributed by atoms with van der Waals surface area (Å²) < 4.78 is 0.692. The first kappa shape index (κ1) is 16.9. The van der Waals surface area contributed by atoms with Gasteiger partial charge in [-0.25, -0.2) is 0 Å². The Labute approximate surface area is 148 Å². The predicted octanol–water partition coefficient (Wildman–Crippen LogP) is 3.09. The van der Waals surface area contributed by atoms with E-state index in [1.807, 2.05) is 31.2 Å². The van der Waals surface area contributed by atoms with Crippen LogP contribution in [0.4, 0.5) is 10.8 Å². The fourth-order valence-corrected chi connectivity index (χ4v) is 4.02. The molecule has 24 heavy (non-hydrogen) atoms. The minimum atomic E-state index is -0.0864. The van der Waals surface area contributed by atoms with Gasteiger partial charge in [0.2, 0.25) is 16.9 Å². The van der Waals surface area contributed by atoms with Crippen LogP contribution in [0.5, 0.6) is 0 Å². The number of hydrogen-bond acceptors (Lipinski definition) is 6. The van der Waals surface area contributed by atoms with Gasteiger partial charge in [-0.15, -0.1) is 10.2 Å². The second-order valence-corrected chi connectivity index (χ2v) is 7.80. The molecule has 0 aliphatic heterocycles. The Kier molecular flexibility index (Phi) is 5.15. The Morgan fingerprint density at radius 3 is 2.75 bits per heavy atom. The molecule has 0 atom stereocenters. The van der Waals surface area contributed by atoms with Crippen LogP contribution >= 0.6 is 23.1 Å². The van der Waals surface area contributed by atoms with E-state index < -0.39 is 0 Å². The van der Waals surface area contributed by atoms with Gasteiger partial charge in [-0.05, 0) is 31.4 Å². The monoisotopic (exact) mass is 362 g/mol. The van der Waals surface area contributed by atoms with E-state index in [9.17, 15) is 9.59 Å². The van der Waals surface area contributed by atoms with Crippen molar-refractivity contribution < 1.29 is 9.59 Å². The number of hydrogen-bond donors (Lipinski definition) is 1. The number of benzene rings is 1. The number of nitrogens with zero attached hydrogens (tertiary/aromatic N) is 3. The molecule has 8 heteroatoms. The number of amides is 2. The zero-order chi connectivity index (χ0) is 17.1. The van der Waals surface area contributed by atoms with Crippen LogP contribution in [0.3, 0.4) is 0 Å². The van der Waals surface area contributed by atoms with Crippen LogP contribution in [0.1, 0.15) is 25.3 Å². The van der Waals surface area contributed by atoms with Crippen molar-refractivity contribution in [2.24, 2.45) is 0 Å². The lowest BCUT2D eigenvalue weighted by molar-refractivity contribution is -0.116. The Morgan fingerprint density at radius 1 is 1.33 bits per heavy atom. The number of carbonyl (C=O) groups is 2. The van der Waals surface area contributed by atoms with Gasteiger partial charge in [-0.2, -0.15) is 0 Å². The number of aromatic nitrogens is 2. The van der Waals surface area contributed by atoms with E-state index in [-0.39, 0.29) is 23.6 Å². The number of anilines is 2. The second kappa shape index (κ2) is 7.31. The molecule has 0 spiro atoms. The van der Waals surface area contributed by atoms with Crippen LogP contribution in [0.25, 0.3) is 0 Å². The van der Waals surface area contributed by atoms with Gasteiger partial charge < -0.3 is 5.32 Å². The smallest absolute Gasteiger partial charge is 0.234 e. The fraction of sp³-hybridized carbons (Fsp3) is 0.375. The third-order valence-corrected chi connectivity index (χ3v) is 5.65. The Hall–Kier alpha value is -1.93. The van der Waals surface area contributed by atoms with Crippen LogP contribution in [0, 0.1) is 6.92 Å². The molecule has 0 unspecified atom stereocenters. The molecule has 0 radical (unpaired) electrons. The first-order valence-corrected chi connectivity index (χ1v) is 9.46. The summed E-state index contributed by atoms with van der Waals surface area (Å²) in [6.45, 7) is 3.50. The molecule has 1 aliphatic rings. The number of para-hydroxylation sites is 1. The topological polar surface area (TPSA) is 75.2 Å². The number of nitrogens with one attached hydrogen (secondary N) is 1. The molecule has 1 N–H and O–H groups in total. The molecule has 1 aliphatic carbocycles. The summed E-state index contributed by atoms with van der Waals surface area (Å²) in [5.41, 5.74) is 1.84. The van der Waals surface area contributed by atoms with Gasteiger partial charge in [0.15, 0.2) is 4.34 Å². The largest absolute Gasteiger partial charge is 0.325 e. The van der Waals surface area contributed by atoms with Crippen molar-refractivity contribution in [3.63, 3.8) is 0 Å². The van der Waals surface area contributed by atoms with Crippen LogP contribution in [0.15, 0.2) is 28.6 Å². The third-order valence-electron chi connectivity index (χ3n) is 3.60. The highest BCUT2D eigenvalue weighted by atomic mass is 32.2. The van der Waals surface area contributed by atoms with Gasteiger partial charge in [0.25, 0.3) is 0 Å². The Bertz CT molecular complexity index is 758. The normalized spacial score (nSPS) is 13.6. The lowest BCUT2D eigenvalue weighted by Crippen LogP contribution is -2.30. The van der Waals surface area contributed by atoms with Crippen molar-refractivity contribution in [2.75, 3.05) is 16.0 Å². The van der Waals surface area contributed by atoms with Gasteiger partial charge in [-0.1, -0.05) is 41.3 Å². The Morgan fingerprint density at radius 2 is 2.08 bits per heavy atom. The van der Waals surface area contributed by atoms with Crippen LogP contribution in [-0.4, -0.2) is 33.8 Å². The molecule has 1 heterocycles. The molecule has 1 aromatic heterocycles. The van der Waals surface area contributed by atoms with Crippen molar-refractivity contribution in [2.45, 2.75) is 37.1 Å². The van der Waals surface area contributed by atoms with E-state index in [2.05, 4.69) is 15.5 Å². The molecular weight excluding hydrogens is 344 g/mol. The molecule has 1 aromatic carbocycles. The van der Waals surface area contributed by atoms with Gasteiger partial charge in [-0.3, -0.25) is 14.5 Å². The zero-order valence-corrected chi connectivity index (χ0v) is 15.1. The van der Waals surface area contributed by atoms with E-state index in [0.29, 0.717) is 9.47 Å². The first-order valence-electron chi connectivity index (χ1n) is 7.66. The summed E-state index contributed by atoms with van der Waals surface area (Å²) in [4.78, 5) is 25.5. The molecule has 126 valence electrons. The molecule has 3 rings (SSSR count). The van der Waals surface area contributed by atoms with Crippen molar-refractivity contribution >= 4 is 45.7 Å². The van der Waals surface area contributed by atoms with Crippen molar-refractivity contribution in [3.05, 3.63) is 29.8 Å². The fourth-order valence-electron chi connectivity index (χ4n) is 2.27. The van der Waals surface area contributed by atoms with Crippen LogP contribution in [0.2, 0.25) is 0 Å². The predicted molar refractivity (Wildman–Crippen MR) is 96.6 cm³/mol. The summed E-state index contributed by atoms with van der Waals surface area (Å²) >= 11 is 2.69. The van der Waals surface area contributed by atoms with Crippen LogP contribution in [-0.2, 0) is 9.59 Å². The van der Waals surface area contributed by atoms with E-state index in [1.165, 1.54) is 23.1 Å². The minimum absolute atomic E-state index is 0.0116. The molecule has 2 amide bonds. The minimum Gasteiger partial charge on any atom is -0.325 e. The lowest BCUT2D eigenvalue weighted by Gasteiger charge is -2.15.